The van der Waals surface area contributed by atoms with E-state index >= 15 is 0 Å². The maximum absolute atomic E-state index is 3.72. The number of hydrogen-bond acceptors (Lipinski definition) is 2. The van der Waals surface area contributed by atoms with Crippen molar-refractivity contribution in [3.05, 3.63) is 60.3 Å². The molecule has 4 rings (SSSR count). The summed E-state index contributed by atoms with van der Waals surface area (Å²) in [6, 6.07) is 18.0. The van der Waals surface area contributed by atoms with Crippen LogP contribution in [0.25, 0.3) is 21.7 Å². The molecule has 0 spiro atoms. The Morgan fingerprint density at radius 1 is 0.968 bits per heavy atom. The van der Waals surface area contributed by atoms with Crippen molar-refractivity contribution in [3.8, 4) is 0 Å². The van der Waals surface area contributed by atoms with Crippen molar-refractivity contribution in [2.45, 2.75) is 74.7 Å². The minimum atomic E-state index is 0.0425. The third-order valence-electron chi connectivity index (χ3n) is 5.97. The average molecular weight is 451 g/mol. The molecule has 31 heavy (non-hydrogen) atoms. The molecular weight excluding hydrogens is 416 g/mol. The van der Waals surface area contributed by atoms with Crippen LogP contribution in [-0.4, -0.2) is 20.6 Å². The van der Waals surface area contributed by atoms with Crippen LogP contribution in [0, 0.1) is 0 Å². The second-order valence-corrected chi connectivity index (χ2v) is 12.2. The molecule has 0 amide bonds. The summed E-state index contributed by atoms with van der Waals surface area (Å²) in [6.07, 6.45) is 3.44. The number of rotatable bonds is 8. The van der Waals surface area contributed by atoms with E-state index in [0.717, 1.165) is 12.2 Å². The van der Waals surface area contributed by atoms with Crippen LogP contribution in [-0.2, 0) is 5.41 Å². The van der Waals surface area contributed by atoms with Crippen LogP contribution >= 0.6 is 23.5 Å². The van der Waals surface area contributed by atoms with E-state index in [1.807, 2.05) is 23.5 Å². The van der Waals surface area contributed by atoms with Crippen molar-refractivity contribution in [1.29, 1.82) is 0 Å². The topological polar surface area (TPSA) is 20.7 Å². The average Bonchev–Trinajstić information content (AvgIpc) is 3.26. The number of nitrogens with zero attached hydrogens (tertiary/aromatic N) is 1. The number of aromatic amines is 1. The highest BCUT2D eigenvalue weighted by atomic mass is 32.2. The molecule has 4 heteroatoms. The Balaban J connectivity index is 1.74. The van der Waals surface area contributed by atoms with Gasteiger partial charge in [-0.1, -0.05) is 77.1 Å². The molecule has 2 aromatic heterocycles. The van der Waals surface area contributed by atoms with Crippen molar-refractivity contribution in [2.75, 3.05) is 5.75 Å². The van der Waals surface area contributed by atoms with Gasteiger partial charge in [0.05, 0.1) is 10.1 Å². The molecule has 0 radical (unpaired) electrons. The van der Waals surface area contributed by atoms with E-state index < -0.39 is 0 Å². The van der Waals surface area contributed by atoms with E-state index in [1.54, 1.807) is 0 Å². The van der Waals surface area contributed by atoms with Gasteiger partial charge in [0.15, 0.2) is 0 Å². The first-order valence-electron chi connectivity index (χ1n) is 11.3. The van der Waals surface area contributed by atoms with Gasteiger partial charge < -0.3 is 9.55 Å². The van der Waals surface area contributed by atoms with E-state index in [-0.39, 0.29) is 5.41 Å². The predicted octanol–water partition coefficient (Wildman–Crippen LogP) is 8.66. The maximum Gasteiger partial charge on any atom is 0.0830 e. The van der Waals surface area contributed by atoms with Gasteiger partial charge in [0.25, 0.3) is 0 Å². The predicted molar refractivity (Wildman–Crippen MR) is 140 cm³/mol. The van der Waals surface area contributed by atoms with Gasteiger partial charge in [0, 0.05) is 39.2 Å². The summed E-state index contributed by atoms with van der Waals surface area (Å²) in [4.78, 5) is 3.72. The molecule has 0 fully saturated rings. The lowest BCUT2D eigenvalue weighted by molar-refractivity contribution is 0.362. The maximum atomic E-state index is 3.72. The van der Waals surface area contributed by atoms with E-state index in [1.165, 1.54) is 37.3 Å². The monoisotopic (exact) mass is 450 g/mol. The van der Waals surface area contributed by atoms with Crippen molar-refractivity contribution in [1.82, 2.24) is 9.55 Å². The zero-order valence-electron chi connectivity index (χ0n) is 19.5. The number of fused-ring (bicyclic) bond motifs is 2. The fourth-order valence-corrected chi connectivity index (χ4v) is 6.96. The lowest BCUT2D eigenvalue weighted by Crippen LogP contribution is -2.23. The number of H-pyrrole nitrogens is 1. The van der Waals surface area contributed by atoms with Crippen molar-refractivity contribution < 1.29 is 0 Å². The fourth-order valence-electron chi connectivity index (χ4n) is 4.82. The number of thioether (sulfide) groups is 2. The van der Waals surface area contributed by atoms with Gasteiger partial charge in [-0.25, -0.2) is 0 Å². The molecule has 2 aromatic carbocycles. The van der Waals surface area contributed by atoms with Crippen molar-refractivity contribution >= 4 is 45.2 Å². The summed E-state index contributed by atoms with van der Waals surface area (Å²) < 4.78 is 2.52. The van der Waals surface area contributed by atoms with Gasteiger partial charge in [-0.05, 0) is 36.1 Å². The van der Waals surface area contributed by atoms with Crippen LogP contribution in [0.2, 0.25) is 0 Å². The standard InChI is InChI=1S/C27H34N2S2/c1-7-30-26-21-13-9-8-12-20(21)17-29(26)19(4)16-27(5,6)24-22-14-10-11-15-23(22)28-25(24)31-18(2)3/h8-15,17-19,28H,7,16H2,1-6H3. The lowest BCUT2D eigenvalue weighted by atomic mass is 9.79. The number of nitrogens with one attached hydrogen (secondary N) is 1. The Morgan fingerprint density at radius 3 is 2.35 bits per heavy atom. The SMILES string of the molecule is CCSc1c2ccccc2cn1C(C)CC(C)(C)c1c(SC(C)C)[nH]c2ccccc12. The minimum absolute atomic E-state index is 0.0425. The number of hydrogen-bond donors (Lipinski definition) is 1. The Hall–Kier alpha value is -1.78. The van der Waals surface area contributed by atoms with Gasteiger partial charge in [-0.3, -0.25) is 0 Å². The molecule has 1 N–H and O–H groups in total. The van der Waals surface area contributed by atoms with E-state index in [4.69, 9.17) is 0 Å². The quantitative estimate of drug-likeness (QED) is 0.271. The highest BCUT2D eigenvalue weighted by molar-refractivity contribution is 8.00. The molecule has 0 saturated heterocycles. The number of benzene rings is 2. The summed E-state index contributed by atoms with van der Waals surface area (Å²) in [5, 5.41) is 7.35. The zero-order chi connectivity index (χ0) is 22.2. The number of aromatic nitrogens is 2. The van der Waals surface area contributed by atoms with E-state index in [0.29, 0.717) is 11.3 Å². The van der Waals surface area contributed by atoms with Gasteiger partial charge in [0.2, 0.25) is 0 Å². The zero-order valence-corrected chi connectivity index (χ0v) is 21.2. The van der Waals surface area contributed by atoms with E-state index in [9.17, 15) is 0 Å². The van der Waals surface area contributed by atoms with Crippen molar-refractivity contribution in [3.63, 3.8) is 0 Å². The molecule has 0 aliphatic rings. The first kappa shape index (κ1) is 22.4. The molecule has 0 aliphatic carbocycles. The summed E-state index contributed by atoms with van der Waals surface area (Å²) in [5.41, 5.74) is 2.76. The third-order valence-corrected chi connectivity index (χ3v) is 7.97. The van der Waals surface area contributed by atoms with Crippen LogP contribution in [0.15, 0.2) is 64.8 Å². The largest absolute Gasteiger partial charge is 0.349 e. The van der Waals surface area contributed by atoms with Crippen LogP contribution in [0.4, 0.5) is 0 Å². The molecule has 2 heterocycles. The van der Waals surface area contributed by atoms with Gasteiger partial charge >= 0.3 is 0 Å². The summed E-state index contributed by atoms with van der Waals surface area (Å²) in [7, 11) is 0. The molecule has 1 unspecified atom stereocenters. The van der Waals surface area contributed by atoms with Crippen LogP contribution in [0.1, 0.15) is 59.6 Å². The van der Waals surface area contributed by atoms with Gasteiger partial charge in [-0.2, -0.15) is 0 Å². The third kappa shape index (κ3) is 4.42. The Labute approximate surface area is 195 Å². The van der Waals surface area contributed by atoms with Crippen molar-refractivity contribution in [2.24, 2.45) is 0 Å². The molecule has 0 aliphatic heterocycles. The summed E-state index contributed by atoms with van der Waals surface area (Å²) in [5.74, 6) is 1.09. The molecule has 0 bridgehead atoms. The lowest BCUT2D eigenvalue weighted by Gasteiger charge is -2.31. The Kier molecular flexibility index (Phi) is 6.50. The molecule has 2 nitrogen and oxygen atoms in total. The molecule has 164 valence electrons. The molecule has 1 atom stereocenters. The smallest absolute Gasteiger partial charge is 0.0830 e. The first-order chi connectivity index (χ1) is 14.8. The van der Waals surface area contributed by atoms with Crippen LogP contribution < -0.4 is 0 Å². The second kappa shape index (κ2) is 8.99. The Morgan fingerprint density at radius 2 is 1.65 bits per heavy atom. The minimum Gasteiger partial charge on any atom is -0.349 e. The molecule has 0 saturated carbocycles. The summed E-state index contributed by atoms with van der Waals surface area (Å²) >= 11 is 3.91. The van der Waals surface area contributed by atoms with Gasteiger partial charge in [-0.15, -0.1) is 23.5 Å². The highest BCUT2D eigenvalue weighted by Gasteiger charge is 2.31. The van der Waals surface area contributed by atoms with E-state index in [2.05, 4.69) is 106 Å². The number of para-hydroxylation sites is 1. The summed E-state index contributed by atoms with van der Waals surface area (Å²) in [6.45, 7) is 14.0. The van der Waals surface area contributed by atoms with Crippen LogP contribution in [0.3, 0.4) is 0 Å². The van der Waals surface area contributed by atoms with Crippen LogP contribution in [0.5, 0.6) is 0 Å². The molecular formula is C27H34N2S2. The molecule has 4 aromatic rings. The first-order valence-corrected chi connectivity index (χ1v) is 13.2. The normalized spacial score (nSPS) is 13.5. The van der Waals surface area contributed by atoms with Gasteiger partial charge in [0.1, 0.15) is 0 Å². The second-order valence-electron chi connectivity index (χ2n) is 9.34. The fraction of sp³-hybridized carbons (Fsp3) is 0.407. The highest BCUT2D eigenvalue weighted by Crippen LogP contribution is 2.44. The Bertz CT molecular complexity index is 1180.